The van der Waals surface area contributed by atoms with Gasteiger partial charge in [0.25, 0.3) is 0 Å². The Hall–Kier alpha value is 0.310. The molecule has 1 nitrogen and oxygen atoms in total. The largest absolute Gasteiger partial charge is 0.369 e. The monoisotopic (exact) mass is 300 g/mol. The highest BCUT2D eigenvalue weighted by molar-refractivity contribution is 7.99. The average molecular weight is 301 g/mol. The summed E-state index contributed by atoms with van der Waals surface area (Å²) in [7, 11) is 0. The van der Waals surface area contributed by atoms with Crippen LogP contribution in [0.1, 0.15) is 85.0 Å². The molecule has 0 bridgehead atoms. The molecule has 0 aromatic heterocycles. The van der Waals surface area contributed by atoms with Crippen LogP contribution in [0.15, 0.2) is 0 Å². The number of rotatable bonds is 14. The third-order valence-corrected chi connectivity index (χ3v) is 5.27. The first-order valence-corrected chi connectivity index (χ1v) is 10.1. The van der Waals surface area contributed by atoms with E-state index in [0.717, 1.165) is 5.92 Å². The molecule has 1 rings (SSSR count). The van der Waals surface area contributed by atoms with Gasteiger partial charge in [0, 0.05) is 5.75 Å². The highest BCUT2D eigenvalue weighted by atomic mass is 32.2. The molecule has 0 saturated carbocycles. The topological polar surface area (TPSA) is 12.5 Å². The van der Waals surface area contributed by atoms with E-state index in [0.29, 0.717) is 12.2 Å². The summed E-state index contributed by atoms with van der Waals surface area (Å²) in [5, 5.41) is 0. The molecule has 0 radical (unpaired) electrons. The van der Waals surface area contributed by atoms with E-state index in [2.05, 4.69) is 32.5 Å². The standard InChI is InChI=1S/C18H36OS/c1-4-5-6-7-8-11-14-20-15-18-17(19-18)13-10-9-12-16(2)3/h16-18H,4-15H2,1-3H3/t17-,18-/m0/s1. The van der Waals surface area contributed by atoms with Crippen molar-refractivity contribution in [1.82, 2.24) is 0 Å². The SMILES string of the molecule is CCCCCCCCSC[C@@H]1O[C@H]1CCCCC(C)C. The summed E-state index contributed by atoms with van der Waals surface area (Å²) in [6, 6.07) is 0. The first kappa shape index (κ1) is 18.4. The lowest BCUT2D eigenvalue weighted by molar-refractivity contribution is 0.364. The molecule has 0 amide bonds. The second-order valence-corrected chi connectivity index (χ2v) is 7.88. The van der Waals surface area contributed by atoms with Gasteiger partial charge in [-0.05, 0) is 24.5 Å². The van der Waals surface area contributed by atoms with Crippen LogP contribution in [0.25, 0.3) is 0 Å². The summed E-state index contributed by atoms with van der Waals surface area (Å²) in [6.45, 7) is 6.91. The zero-order valence-corrected chi connectivity index (χ0v) is 14.9. The fourth-order valence-corrected chi connectivity index (χ4v) is 3.76. The molecule has 120 valence electrons. The molecular formula is C18H36OS. The molecule has 2 atom stereocenters. The van der Waals surface area contributed by atoms with Crippen LogP contribution in [0.5, 0.6) is 0 Å². The molecule has 1 aliphatic rings. The minimum absolute atomic E-state index is 0.596. The summed E-state index contributed by atoms with van der Waals surface area (Å²) < 4.78 is 5.76. The van der Waals surface area contributed by atoms with Gasteiger partial charge in [-0.3, -0.25) is 0 Å². The van der Waals surface area contributed by atoms with E-state index in [9.17, 15) is 0 Å². The Morgan fingerprint density at radius 2 is 1.65 bits per heavy atom. The van der Waals surface area contributed by atoms with Gasteiger partial charge in [0.1, 0.15) is 0 Å². The zero-order chi connectivity index (χ0) is 14.6. The Bertz CT molecular complexity index is 217. The van der Waals surface area contributed by atoms with Crippen LogP contribution in [0.2, 0.25) is 0 Å². The molecule has 1 saturated heterocycles. The molecule has 1 fully saturated rings. The van der Waals surface area contributed by atoms with Gasteiger partial charge in [-0.1, -0.05) is 72.1 Å². The van der Waals surface area contributed by atoms with Gasteiger partial charge in [0.15, 0.2) is 0 Å². The lowest BCUT2D eigenvalue weighted by Crippen LogP contribution is -1.98. The highest BCUT2D eigenvalue weighted by Crippen LogP contribution is 2.30. The Kier molecular flexibility index (Phi) is 10.9. The second-order valence-electron chi connectivity index (χ2n) is 6.73. The maximum Gasteiger partial charge on any atom is 0.0931 e. The van der Waals surface area contributed by atoms with Gasteiger partial charge in [-0.15, -0.1) is 0 Å². The van der Waals surface area contributed by atoms with Crippen molar-refractivity contribution in [2.45, 2.75) is 97.2 Å². The Balaban J connectivity index is 1.76. The van der Waals surface area contributed by atoms with Crippen molar-refractivity contribution < 1.29 is 4.74 Å². The lowest BCUT2D eigenvalue weighted by Gasteiger charge is -2.02. The van der Waals surface area contributed by atoms with Crippen molar-refractivity contribution in [3.63, 3.8) is 0 Å². The molecule has 0 N–H and O–H groups in total. The number of hydrogen-bond acceptors (Lipinski definition) is 2. The van der Waals surface area contributed by atoms with Crippen LogP contribution < -0.4 is 0 Å². The maximum absolute atomic E-state index is 5.76. The van der Waals surface area contributed by atoms with Crippen LogP contribution in [-0.2, 0) is 4.74 Å². The second kappa shape index (κ2) is 11.9. The van der Waals surface area contributed by atoms with E-state index in [-0.39, 0.29) is 0 Å². The summed E-state index contributed by atoms with van der Waals surface area (Å²) in [5.74, 6) is 3.44. The van der Waals surface area contributed by atoms with Crippen LogP contribution in [0.4, 0.5) is 0 Å². The maximum atomic E-state index is 5.76. The quantitative estimate of drug-likeness (QED) is 0.285. The number of hydrogen-bond donors (Lipinski definition) is 0. The van der Waals surface area contributed by atoms with E-state index in [1.54, 1.807) is 0 Å². The van der Waals surface area contributed by atoms with Gasteiger partial charge in [0.05, 0.1) is 12.2 Å². The smallest absolute Gasteiger partial charge is 0.0931 e. The third-order valence-electron chi connectivity index (χ3n) is 4.13. The number of unbranched alkanes of at least 4 members (excludes halogenated alkanes) is 6. The highest BCUT2D eigenvalue weighted by Gasteiger charge is 2.37. The molecule has 0 spiro atoms. The molecule has 0 aromatic rings. The lowest BCUT2D eigenvalue weighted by atomic mass is 10.0. The Morgan fingerprint density at radius 1 is 0.900 bits per heavy atom. The van der Waals surface area contributed by atoms with Crippen LogP contribution in [0, 0.1) is 5.92 Å². The molecule has 0 aromatic carbocycles. The van der Waals surface area contributed by atoms with Gasteiger partial charge in [0.2, 0.25) is 0 Å². The summed E-state index contributed by atoms with van der Waals surface area (Å²) in [4.78, 5) is 0. The van der Waals surface area contributed by atoms with Gasteiger partial charge in [-0.25, -0.2) is 0 Å². The fraction of sp³-hybridized carbons (Fsp3) is 1.00. The normalized spacial score (nSPS) is 21.6. The van der Waals surface area contributed by atoms with Crippen molar-refractivity contribution in [3.8, 4) is 0 Å². The van der Waals surface area contributed by atoms with Crippen molar-refractivity contribution in [1.29, 1.82) is 0 Å². The molecular weight excluding hydrogens is 264 g/mol. The van der Waals surface area contributed by atoms with Crippen molar-refractivity contribution >= 4 is 11.8 Å². The fourth-order valence-electron chi connectivity index (χ4n) is 2.66. The molecule has 1 aliphatic heterocycles. The van der Waals surface area contributed by atoms with E-state index in [4.69, 9.17) is 4.74 Å². The van der Waals surface area contributed by atoms with E-state index in [1.165, 1.54) is 75.7 Å². The van der Waals surface area contributed by atoms with Gasteiger partial charge >= 0.3 is 0 Å². The van der Waals surface area contributed by atoms with E-state index in [1.807, 2.05) is 0 Å². The van der Waals surface area contributed by atoms with Crippen LogP contribution >= 0.6 is 11.8 Å². The van der Waals surface area contributed by atoms with Crippen molar-refractivity contribution in [2.75, 3.05) is 11.5 Å². The minimum atomic E-state index is 0.596. The van der Waals surface area contributed by atoms with Crippen LogP contribution in [-0.4, -0.2) is 23.7 Å². The molecule has 0 unspecified atom stereocenters. The van der Waals surface area contributed by atoms with Gasteiger partial charge < -0.3 is 4.74 Å². The minimum Gasteiger partial charge on any atom is -0.369 e. The molecule has 0 aliphatic carbocycles. The van der Waals surface area contributed by atoms with Gasteiger partial charge in [-0.2, -0.15) is 11.8 Å². The van der Waals surface area contributed by atoms with E-state index >= 15 is 0 Å². The summed E-state index contributed by atoms with van der Waals surface area (Å²) in [6.07, 6.45) is 15.1. The van der Waals surface area contributed by atoms with E-state index < -0.39 is 0 Å². The third kappa shape index (κ3) is 10.1. The average Bonchev–Trinajstić information content (AvgIpc) is 3.16. The molecule has 2 heteroatoms. The van der Waals surface area contributed by atoms with Crippen molar-refractivity contribution in [2.24, 2.45) is 5.92 Å². The first-order chi connectivity index (χ1) is 9.74. The predicted molar refractivity (Wildman–Crippen MR) is 92.7 cm³/mol. The predicted octanol–water partition coefficient (Wildman–Crippen LogP) is 6.06. The Labute approximate surface area is 131 Å². The van der Waals surface area contributed by atoms with Crippen LogP contribution in [0.3, 0.4) is 0 Å². The molecule has 1 heterocycles. The Morgan fingerprint density at radius 3 is 2.40 bits per heavy atom. The van der Waals surface area contributed by atoms with Crippen molar-refractivity contribution in [3.05, 3.63) is 0 Å². The number of thioether (sulfide) groups is 1. The zero-order valence-electron chi connectivity index (χ0n) is 14.0. The summed E-state index contributed by atoms with van der Waals surface area (Å²) >= 11 is 2.11. The number of ether oxygens (including phenoxy) is 1. The number of epoxide rings is 1. The molecule has 20 heavy (non-hydrogen) atoms. The summed E-state index contributed by atoms with van der Waals surface area (Å²) in [5.41, 5.74) is 0. The first-order valence-electron chi connectivity index (χ1n) is 8.97.